The molecular formula is C8H21N. The Kier molecular flexibility index (Phi) is 10.4. The molecule has 0 spiro atoms. The highest BCUT2D eigenvalue weighted by Crippen LogP contribution is 1.87. The van der Waals surface area contributed by atoms with Gasteiger partial charge in [-0.3, -0.25) is 0 Å². The van der Waals surface area contributed by atoms with Crippen molar-refractivity contribution in [1.29, 1.82) is 0 Å². The third-order valence-electron chi connectivity index (χ3n) is 1.43. The first-order chi connectivity index (χ1) is 3.85. The van der Waals surface area contributed by atoms with Crippen molar-refractivity contribution < 1.29 is 0 Å². The molecule has 0 bridgehead atoms. The number of rotatable bonds is 4. The Morgan fingerprint density at radius 1 is 1.00 bits per heavy atom. The molecule has 0 rings (SSSR count). The van der Waals surface area contributed by atoms with E-state index < -0.39 is 0 Å². The van der Waals surface area contributed by atoms with Gasteiger partial charge in [0, 0.05) is 0 Å². The molecule has 0 atom stereocenters. The first-order valence-electron chi connectivity index (χ1n) is 3.57. The van der Waals surface area contributed by atoms with Gasteiger partial charge >= 0.3 is 0 Å². The molecule has 0 aromatic carbocycles. The van der Waals surface area contributed by atoms with E-state index in [4.69, 9.17) is 0 Å². The molecule has 0 heterocycles. The molecule has 0 radical (unpaired) electrons. The summed E-state index contributed by atoms with van der Waals surface area (Å²) in [6.45, 7) is 10.3. The lowest BCUT2D eigenvalue weighted by atomic mass is 10.4. The summed E-state index contributed by atoms with van der Waals surface area (Å²) >= 11 is 0. The van der Waals surface area contributed by atoms with E-state index in [0.717, 1.165) is 0 Å². The zero-order valence-electron chi connectivity index (χ0n) is 6.28. The molecule has 0 N–H and O–H groups in total. The molecule has 0 aliphatic rings. The Morgan fingerprint density at radius 2 is 1.44 bits per heavy atom. The van der Waals surface area contributed by atoms with Gasteiger partial charge in [0.1, 0.15) is 0 Å². The van der Waals surface area contributed by atoms with Crippen molar-refractivity contribution in [1.82, 2.24) is 4.90 Å². The molecule has 0 saturated carbocycles. The Labute approximate surface area is 60.1 Å². The van der Waals surface area contributed by atoms with Gasteiger partial charge in [-0.25, -0.2) is 0 Å². The minimum Gasteiger partial charge on any atom is -0.304 e. The maximum atomic E-state index is 2.43. The van der Waals surface area contributed by atoms with Crippen LogP contribution in [0.5, 0.6) is 0 Å². The highest BCUT2D eigenvalue weighted by atomic mass is 15.1. The van der Waals surface area contributed by atoms with Gasteiger partial charge in [-0.15, -0.1) is 0 Å². The van der Waals surface area contributed by atoms with Gasteiger partial charge in [-0.05, 0) is 26.1 Å². The van der Waals surface area contributed by atoms with Gasteiger partial charge in [0.05, 0.1) is 0 Å². The van der Waals surface area contributed by atoms with E-state index in [1.165, 1.54) is 26.1 Å². The summed E-state index contributed by atoms with van der Waals surface area (Å²) in [5.74, 6) is 0. The standard InChI is InChI=1S/C7H17N.CH4/c1-4-7-8(5-2)6-3;/h4-7H2,1-3H3;1H4. The smallest absolute Gasteiger partial charge is 0.00216 e. The molecule has 0 aliphatic heterocycles. The summed E-state index contributed by atoms with van der Waals surface area (Å²) in [6, 6.07) is 0. The Morgan fingerprint density at radius 3 is 1.56 bits per heavy atom. The Hall–Kier alpha value is -0.0400. The monoisotopic (exact) mass is 131 g/mol. The van der Waals surface area contributed by atoms with Gasteiger partial charge in [0.25, 0.3) is 0 Å². The lowest BCUT2D eigenvalue weighted by molar-refractivity contribution is 0.304. The molecule has 1 heteroatoms. The van der Waals surface area contributed by atoms with Crippen LogP contribution in [0.15, 0.2) is 0 Å². The van der Waals surface area contributed by atoms with Crippen molar-refractivity contribution >= 4 is 0 Å². The molecule has 0 aromatic heterocycles. The van der Waals surface area contributed by atoms with Gasteiger partial charge in [0.15, 0.2) is 0 Å². The maximum Gasteiger partial charge on any atom is -0.00216 e. The molecule has 0 aliphatic carbocycles. The summed E-state index contributed by atoms with van der Waals surface area (Å²) in [6.07, 6.45) is 1.28. The van der Waals surface area contributed by atoms with Crippen LogP contribution < -0.4 is 0 Å². The molecule has 0 amide bonds. The van der Waals surface area contributed by atoms with Crippen molar-refractivity contribution in [3.05, 3.63) is 0 Å². The third-order valence-corrected chi connectivity index (χ3v) is 1.43. The molecule has 0 fully saturated rings. The van der Waals surface area contributed by atoms with E-state index in [9.17, 15) is 0 Å². The summed E-state index contributed by atoms with van der Waals surface area (Å²) in [5, 5.41) is 0. The summed E-state index contributed by atoms with van der Waals surface area (Å²) in [5.41, 5.74) is 0. The van der Waals surface area contributed by atoms with Crippen LogP contribution >= 0.6 is 0 Å². The number of nitrogens with zero attached hydrogens (tertiary/aromatic N) is 1. The van der Waals surface area contributed by atoms with Crippen LogP contribution in [0.4, 0.5) is 0 Å². The van der Waals surface area contributed by atoms with E-state index in [-0.39, 0.29) is 7.43 Å². The van der Waals surface area contributed by atoms with Crippen LogP contribution in [0.1, 0.15) is 34.6 Å². The molecule has 0 unspecified atom stereocenters. The van der Waals surface area contributed by atoms with E-state index in [2.05, 4.69) is 25.7 Å². The molecule has 0 aromatic rings. The first-order valence-corrected chi connectivity index (χ1v) is 3.57. The average Bonchev–Trinajstić information content (AvgIpc) is 1.83. The van der Waals surface area contributed by atoms with E-state index in [1.807, 2.05) is 0 Å². The summed E-state index contributed by atoms with van der Waals surface area (Å²) < 4.78 is 0. The van der Waals surface area contributed by atoms with E-state index in [1.54, 1.807) is 0 Å². The normalized spacial score (nSPS) is 9.33. The summed E-state index contributed by atoms with van der Waals surface area (Å²) in [7, 11) is 0. The SMILES string of the molecule is C.CCCN(CC)CC. The van der Waals surface area contributed by atoms with Crippen molar-refractivity contribution in [2.24, 2.45) is 0 Å². The van der Waals surface area contributed by atoms with Crippen LogP contribution in [0, 0.1) is 0 Å². The second-order valence-electron chi connectivity index (χ2n) is 2.03. The molecule has 1 nitrogen and oxygen atoms in total. The number of hydrogen-bond acceptors (Lipinski definition) is 1. The zero-order chi connectivity index (χ0) is 6.41. The van der Waals surface area contributed by atoms with E-state index >= 15 is 0 Å². The number of hydrogen-bond donors (Lipinski definition) is 0. The van der Waals surface area contributed by atoms with Crippen LogP contribution in [0.2, 0.25) is 0 Å². The van der Waals surface area contributed by atoms with Gasteiger partial charge in [-0.2, -0.15) is 0 Å². The molecule has 0 saturated heterocycles. The summed E-state index contributed by atoms with van der Waals surface area (Å²) in [4.78, 5) is 2.43. The third kappa shape index (κ3) is 5.84. The van der Waals surface area contributed by atoms with Crippen molar-refractivity contribution in [2.75, 3.05) is 19.6 Å². The first kappa shape index (κ1) is 11.7. The second-order valence-corrected chi connectivity index (χ2v) is 2.03. The topological polar surface area (TPSA) is 3.24 Å². The zero-order valence-corrected chi connectivity index (χ0v) is 6.28. The Bertz CT molecular complexity index is 39.8. The van der Waals surface area contributed by atoms with Gasteiger partial charge in [-0.1, -0.05) is 28.2 Å². The van der Waals surface area contributed by atoms with E-state index in [0.29, 0.717) is 0 Å². The van der Waals surface area contributed by atoms with Gasteiger partial charge < -0.3 is 4.90 Å². The predicted octanol–water partition coefficient (Wildman–Crippen LogP) is 2.37. The lowest BCUT2D eigenvalue weighted by Crippen LogP contribution is -2.23. The largest absolute Gasteiger partial charge is 0.304 e. The molecule has 58 valence electrons. The maximum absolute atomic E-state index is 2.43. The Balaban J connectivity index is 0. The van der Waals surface area contributed by atoms with Crippen molar-refractivity contribution in [3.63, 3.8) is 0 Å². The fraction of sp³-hybridized carbons (Fsp3) is 1.00. The van der Waals surface area contributed by atoms with Gasteiger partial charge in [0.2, 0.25) is 0 Å². The highest BCUT2D eigenvalue weighted by molar-refractivity contribution is 4.47. The van der Waals surface area contributed by atoms with Crippen LogP contribution in [0.25, 0.3) is 0 Å². The van der Waals surface area contributed by atoms with Crippen LogP contribution in [-0.2, 0) is 0 Å². The highest BCUT2D eigenvalue weighted by Gasteiger charge is 1.92. The lowest BCUT2D eigenvalue weighted by Gasteiger charge is -2.15. The fourth-order valence-electron chi connectivity index (χ4n) is 0.856. The van der Waals surface area contributed by atoms with Crippen LogP contribution in [-0.4, -0.2) is 24.5 Å². The minimum absolute atomic E-state index is 0. The van der Waals surface area contributed by atoms with Crippen molar-refractivity contribution in [3.8, 4) is 0 Å². The quantitative estimate of drug-likeness (QED) is 0.566. The second kappa shape index (κ2) is 7.96. The predicted molar refractivity (Wildman–Crippen MR) is 44.8 cm³/mol. The fourth-order valence-corrected chi connectivity index (χ4v) is 0.856. The minimum atomic E-state index is 0. The molecule has 9 heavy (non-hydrogen) atoms. The average molecular weight is 131 g/mol. The van der Waals surface area contributed by atoms with Crippen molar-refractivity contribution in [2.45, 2.75) is 34.6 Å². The molecular weight excluding hydrogens is 110 g/mol. The van der Waals surface area contributed by atoms with Crippen LogP contribution in [0.3, 0.4) is 0 Å².